The molecule has 45 heavy (non-hydrogen) atoms. The van der Waals surface area contributed by atoms with Gasteiger partial charge in [-0.25, -0.2) is 19.2 Å². The summed E-state index contributed by atoms with van der Waals surface area (Å²) >= 11 is 5.98. The maximum Gasteiger partial charge on any atom is 0.330 e. The number of rotatable bonds is 10. The number of hydrogen-bond donors (Lipinski definition) is 0. The number of nitrogens with zero attached hydrogens (tertiary/aromatic N) is 5. The molecule has 236 valence electrons. The number of hydrogen-bond acceptors (Lipinski definition) is 7. The Labute approximate surface area is 267 Å². The number of carbonyl (C=O) groups is 1. The Morgan fingerprint density at radius 3 is 2.73 bits per heavy atom. The van der Waals surface area contributed by atoms with Gasteiger partial charge < -0.3 is 23.3 Å². The van der Waals surface area contributed by atoms with E-state index < -0.39 is 11.6 Å². The van der Waals surface area contributed by atoms with E-state index >= 15 is 0 Å². The number of benzene rings is 2. The van der Waals surface area contributed by atoms with Crippen molar-refractivity contribution in [2.75, 3.05) is 19.7 Å². The van der Waals surface area contributed by atoms with Crippen molar-refractivity contribution in [3.63, 3.8) is 0 Å². The number of aryl methyl sites for hydroxylation is 1. The Balaban J connectivity index is 1.16. The number of piperidine rings is 1. The van der Waals surface area contributed by atoms with Gasteiger partial charge in [-0.2, -0.15) is 0 Å². The van der Waals surface area contributed by atoms with Crippen LogP contribution >= 0.6 is 11.6 Å². The molecule has 0 bridgehead atoms. The summed E-state index contributed by atoms with van der Waals surface area (Å²) < 4.78 is 36.7. The molecule has 4 aromatic rings. The second kappa shape index (κ2) is 13.1. The molecule has 1 atom stereocenters. The highest BCUT2D eigenvalue weighted by Gasteiger charge is 2.43. The van der Waals surface area contributed by atoms with E-state index in [1.165, 1.54) is 12.1 Å². The molecule has 6 rings (SSSR count). The Hall–Kier alpha value is -4.15. The third kappa shape index (κ3) is 6.48. The van der Waals surface area contributed by atoms with Crippen LogP contribution in [0, 0.1) is 5.82 Å². The molecule has 1 unspecified atom stereocenters. The van der Waals surface area contributed by atoms with Crippen LogP contribution in [-0.2, 0) is 35.0 Å². The van der Waals surface area contributed by atoms with Crippen molar-refractivity contribution in [3.8, 4) is 11.5 Å². The number of carbonyl (C=O) groups excluding carboxylic acids is 1. The lowest BCUT2D eigenvalue weighted by molar-refractivity contribution is -0.137. The molecule has 4 heterocycles. The first kappa shape index (κ1) is 30.9. The zero-order valence-electron chi connectivity index (χ0n) is 25.7. The number of ether oxygens (including phenoxy) is 3. The summed E-state index contributed by atoms with van der Waals surface area (Å²) in [5, 5.41) is 0.321. The van der Waals surface area contributed by atoms with Crippen LogP contribution in [0.5, 0.6) is 11.5 Å². The van der Waals surface area contributed by atoms with Crippen molar-refractivity contribution >= 4 is 23.6 Å². The third-order valence-corrected chi connectivity index (χ3v) is 8.76. The first-order chi connectivity index (χ1) is 21.8. The molecule has 1 saturated heterocycles. The Kier molecular flexibility index (Phi) is 8.96. The first-order valence-electron chi connectivity index (χ1n) is 15.3. The van der Waals surface area contributed by atoms with E-state index in [4.69, 9.17) is 30.8 Å². The summed E-state index contributed by atoms with van der Waals surface area (Å²) in [5.41, 5.74) is 3.27. The molecule has 2 aliphatic rings. The van der Waals surface area contributed by atoms with E-state index in [9.17, 15) is 9.18 Å². The molecule has 0 radical (unpaired) electrons. The topological polar surface area (TPSA) is 83.6 Å². The fourth-order valence-electron chi connectivity index (χ4n) is 6.18. The van der Waals surface area contributed by atoms with Crippen LogP contribution < -0.4 is 9.47 Å². The number of likely N-dealkylation sites (tertiary alicyclic amines) is 1. The molecule has 2 aliphatic heterocycles. The van der Waals surface area contributed by atoms with Crippen molar-refractivity contribution in [1.82, 2.24) is 24.0 Å². The molecule has 1 fully saturated rings. The maximum absolute atomic E-state index is 14.8. The van der Waals surface area contributed by atoms with Crippen LogP contribution in [-0.4, -0.2) is 49.7 Å². The van der Waals surface area contributed by atoms with E-state index in [1.807, 2.05) is 24.7 Å². The highest BCUT2D eigenvalue weighted by atomic mass is 35.5. The van der Waals surface area contributed by atoms with Gasteiger partial charge in [-0.3, -0.25) is 4.90 Å². The van der Waals surface area contributed by atoms with Crippen molar-refractivity contribution in [3.05, 3.63) is 100 Å². The van der Waals surface area contributed by atoms with Gasteiger partial charge in [0.2, 0.25) is 0 Å². The second-order valence-electron chi connectivity index (χ2n) is 11.4. The number of esters is 1. The van der Waals surface area contributed by atoms with Gasteiger partial charge in [-0.05, 0) is 76.0 Å². The number of imidazole rings is 2. The average Bonchev–Trinajstić information content (AvgIpc) is 3.73. The van der Waals surface area contributed by atoms with Gasteiger partial charge in [0.15, 0.2) is 11.5 Å². The summed E-state index contributed by atoms with van der Waals surface area (Å²) in [4.78, 5) is 23.5. The number of para-hydroxylation sites is 1. The molecule has 9 nitrogen and oxygen atoms in total. The summed E-state index contributed by atoms with van der Waals surface area (Å²) in [5.74, 6) is 0.338. The fourth-order valence-corrected chi connectivity index (χ4v) is 6.34. The molecule has 11 heteroatoms. The summed E-state index contributed by atoms with van der Waals surface area (Å²) in [6, 6.07) is 10.4. The van der Waals surface area contributed by atoms with Crippen LogP contribution in [0.2, 0.25) is 5.02 Å². The van der Waals surface area contributed by atoms with E-state index in [0.717, 1.165) is 55.3 Å². The SMILES string of the molecule is CCOC(=O)C=Cc1cnc(CN2CCC(c3cccc4c3OC(C)(c3ccc(Cl)cc3F)O4)CC2)n1Cc1cncn1CC. The van der Waals surface area contributed by atoms with Crippen LogP contribution in [0.25, 0.3) is 6.08 Å². The molecule has 2 aromatic heterocycles. The Bertz CT molecular complexity index is 1710. The lowest BCUT2D eigenvalue weighted by Gasteiger charge is -2.32. The maximum atomic E-state index is 14.8. The van der Waals surface area contributed by atoms with Crippen molar-refractivity contribution in [2.24, 2.45) is 0 Å². The molecule has 0 amide bonds. The molecule has 0 spiro atoms. The fraction of sp³-hybridized carbons (Fsp3) is 0.382. The summed E-state index contributed by atoms with van der Waals surface area (Å²) in [6.07, 6.45) is 10.5. The monoisotopic (exact) mass is 633 g/mol. The largest absolute Gasteiger partial charge is 0.463 e. The average molecular weight is 634 g/mol. The van der Waals surface area contributed by atoms with Crippen LogP contribution in [0.4, 0.5) is 4.39 Å². The van der Waals surface area contributed by atoms with Crippen molar-refractivity contribution < 1.29 is 23.4 Å². The predicted molar refractivity (Wildman–Crippen MR) is 169 cm³/mol. The lowest BCUT2D eigenvalue weighted by Crippen LogP contribution is -2.34. The summed E-state index contributed by atoms with van der Waals surface area (Å²) in [7, 11) is 0. The Morgan fingerprint density at radius 2 is 1.98 bits per heavy atom. The number of aromatic nitrogens is 4. The standard InChI is InChI=1S/C34H37ClFN5O4/c1-4-40-22-37-18-26(40)20-41-25(10-12-32(42)43-5-2)19-38-31(41)21-39-15-13-23(14-16-39)27-7-6-8-30-33(27)45-34(3,44-30)28-11-9-24(35)17-29(28)36/h6-12,17-19,22-23H,4-5,13-16,20-21H2,1-3H3. The van der Waals surface area contributed by atoms with Gasteiger partial charge in [-0.1, -0.05) is 23.7 Å². The molecular formula is C34H37ClFN5O4. The zero-order valence-corrected chi connectivity index (χ0v) is 26.5. The normalized spacial score (nSPS) is 18.6. The number of halogens is 2. The van der Waals surface area contributed by atoms with E-state index in [2.05, 4.69) is 32.0 Å². The van der Waals surface area contributed by atoms with Crippen molar-refractivity contribution in [1.29, 1.82) is 0 Å². The quantitative estimate of drug-likeness (QED) is 0.145. The van der Waals surface area contributed by atoms with Gasteiger partial charge in [-0.15, -0.1) is 0 Å². The van der Waals surface area contributed by atoms with E-state index in [1.54, 1.807) is 38.3 Å². The minimum atomic E-state index is -1.28. The summed E-state index contributed by atoms with van der Waals surface area (Å²) in [6.45, 7) is 9.73. The minimum absolute atomic E-state index is 0.263. The minimum Gasteiger partial charge on any atom is -0.463 e. The predicted octanol–water partition coefficient (Wildman–Crippen LogP) is 6.54. The van der Waals surface area contributed by atoms with Gasteiger partial charge in [0, 0.05) is 36.3 Å². The smallest absolute Gasteiger partial charge is 0.330 e. The van der Waals surface area contributed by atoms with Gasteiger partial charge in [0.05, 0.1) is 49.2 Å². The second-order valence-corrected chi connectivity index (χ2v) is 11.9. The van der Waals surface area contributed by atoms with E-state index in [-0.39, 0.29) is 11.9 Å². The van der Waals surface area contributed by atoms with Crippen molar-refractivity contribution in [2.45, 2.75) is 65.0 Å². The molecule has 2 aromatic carbocycles. The van der Waals surface area contributed by atoms with Crippen LogP contribution in [0.15, 0.2) is 61.2 Å². The molecular weight excluding hydrogens is 597 g/mol. The van der Waals surface area contributed by atoms with Gasteiger partial charge in [0.25, 0.3) is 5.79 Å². The zero-order chi connectivity index (χ0) is 31.6. The van der Waals surface area contributed by atoms with Gasteiger partial charge >= 0.3 is 5.97 Å². The first-order valence-corrected chi connectivity index (χ1v) is 15.7. The van der Waals surface area contributed by atoms with E-state index in [0.29, 0.717) is 41.8 Å². The number of fused-ring (bicyclic) bond motifs is 1. The van der Waals surface area contributed by atoms with Gasteiger partial charge in [0.1, 0.15) is 11.6 Å². The highest BCUT2D eigenvalue weighted by Crippen LogP contribution is 2.49. The highest BCUT2D eigenvalue weighted by molar-refractivity contribution is 6.30. The lowest BCUT2D eigenvalue weighted by atomic mass is 9.88. The van der Waals surface area contributed by atoms with Crippen LogP contribution in [0.1, 0.15) is 67.9 Å². The molecule has 0 N–H and O–H groups in total. The third-order valence-electron chi connectivity index (χ3n) is 8.53. The molecule has 0 saturated carbocycles. The molecule has 0 aliphatic carbocycles. The van der Waals surface area contributed by atoms with Crippen LogP contribution in [0.3, 0.4) is 0 Å². The Morgan fingerprint density at radius 1 is 1.16 bits per heavy atom.